The summed E-state index contributed by atoms with van der Waals surface area (Å²) in [7, 11) is 0. The van der Waals surface area contributed by atoms with Crippen LogP contribution in [-0.4, -0.2) is 36.1 Å². The minimum Gasteiger partial charge on any atom is -0.354 e. The fourth-order valence-electron chi connectivity index (χ4n) is 2.08. The van der Waals surface area contributed by atoms with Crippen molar-refractivity contribution in [3.63, 3.8) is 0 Å². The van der Waals surface area contributed by atoms with Crippen LogP contribution in [0.15, 0.2) is 18.6 Å². The van der Waals surface area contributed by atoms with E-state index in [0.717, 1.165) is 18.9 Å². The number of nitrogens with one attached hydrogen (secondary N) is 1. The summed E-state index contributed by atoms with van der Waals surface area (Å²) in [5.41, 5.74) is 0.567. The lowest BCUT2D eigenvalue weighted by Crippen LogP contribution is -2.71. The Labute approximate surface area is 77.0 Å². The number of hydrogen-bond acceptors (Lipinski definition) is 4. The van der Waals surface area contributed by atoms with E-state index in [4.69, 9.17) is 0 Å². The molecular formula is C9H12N4. The molecule has 2 saturated heterocycles. The van der Waals surface area contributed by atoms with Crippen LogP contribution in [0.1, 0.15) is 0 Å². The van der Waals surface area contributed by atoms with Gasteiger partial charge in [0.15, 0.2) is 0 Å². The summed E-state index contributed by atoms with van der Waals surface area (Å²) in [5.74, 6) is 1.01. The van der Waals surface area contributed by atoms with E-state index < -0.39 is 0 Å². The normalized spacial score (nSPS) is 23.8. The second-order valence-corrected chi connectivity index (χ2v) is 4.02. The van der Waals surface area contributed by atoms with Crippen molar-refractivity contribution >= 4 is 5.82 Å². The number of hydrogen-bond donors (Lipinski definition) is 1. The number of rotatable bonds is 1. The summed E-state index contributed by atoms with van der Waals surface area (Å²) < 4.78 is 0. The van der Waals surface area contributed by atoms with Gasteiger partial charge in [0.05, 0.1) is 6.20 Å². The fourth-order valence-corrected chi connectivity index (χ4v) is 2.08. The minimum atomic E-state index is 0.567. The average Bonchev–Trinajstić information content (AvgIpc) is 2.01. The van der Waals surface area contributed by atoms with E-state index in [-0.39, 0.29) is 0 Å². The van der Waals surface area contributed by atoms with Crippen molar-refractivity contribution in [1.29, 1.82) is 0 Å². The molecule has 0 amide bonds. The van der Waals surface area contributed by atoms with E-state index in [1.807, 2.05) is 6.20 Å². The Balaban J connectivity index is 1.71. The van der Waals surface area contributed by atoms with Crippen molar-refractivity contribution in [2.75, 3.05) is 31.1 Å². The van der Waals surface area contributed by atoms with Crippen LogP contribution >= 0.6 is 0 Å². The summed E-state index contributed by atoms with van der Waals surface area (Å²) >= 11 is 0. The highest BCUT2D eigenvalue weighted by Crippen LogP contribution is 2.35. The van der Waals surface area contributed by atoms with Crippen LogP contribution in [0.4, 0.5) is 5.82 Å². The molecule has 2 fully saturated rings. The molecule has 0 atom stereocenters. The van der Waals surface area contributed by atoms with Gasteiger partial charge in [-0.2, -0.15) is 0 Å². The molecule has 1 spiro atoms. The van der Waals surface area contributed by atoms with Crippen LogP contribution in [0.5, 0.6) is 0 Å². The van der Waals surface area contributed by atoms with E-state index >= 15 is 0 Å². The third-order valence-electron chi connectivity index (χ3n) is 2.93. The number of aromatic nitrogens is 2. The van der Waals surface area contributed by atoms with Gasteiger partial charge in [0.2, 0.25) is 0 Å². The maximum Gasteiger partial charge on any atom is 0.147 e. The Morgan fingerprint density at radius 2 is 2.15 bits per heavy atom. The van der Waals surface area contributed by atoms with Crippen LogP contribution in [0.25, 0.3) is 0 Å². The van der Waals surface area contributed by atoms with Gasteiger partial charge in [0.1, 0.15) is 5.82 Å². The first-order chi connectivity index (χ1) is 6.38. The molecule has 68 valence electrons. The third-order valence-corrected chi connectivity index (χ3v) is 2.93. The molecule has 2 aliphatic heterocycles. The second-order valence-electron chi connectivity index (χ2n) is 4.02. The maximum absolute atomic E-state index is 4.27. The Hall–Kier alpha value is -1.16. The quantitative estimate of drug-likeness (QED) is 0.648. The Morgan fingerprint density at radius 3 is 2.69 bits per heavy atom. The topological polar surface area (TPSA) is 41.1 Å². The minimum absolute atomic E-state index is 0.567. The van der Waals surface area contributed by atoms with Crippen molar-refractivity contribution in [2.45, 2.75) is 0 Å². The molecule has 3 rings (SSSR count). The first-order valence-electron chi connectivity index (χ1n) is 4.60. The Kier molecular flexibility index (Phi) is 1.35. The highest BCUT2D eigenvalue weighted by molar-refractivity contribution is 5.41. The first kappa shape index (κ1) is 7.26. The molecule has 0 saturated carbocycles. The molecule has 1 N–H and O–H groups in total. The first-order valence-corrected chi connectivity index (χ1v) is 4.60. The Morgan fingerprint density at radius 1 is 1.31 bits per heavy atom. The van der Waals surface area contributed by atoms with E-state index in [1.54, 1.807) is 12.4 Å². The van der Waals surface area contributed by atoms with E-state index in [0.29, 0.717) is 5.41 Å². The van der Waals surface area contributed by atoms with Gasteiger partial charge in [-0.1, -0.05) is 0 Å². The Bertz CT molecular complexity index is 299. The van der Waals surface area contributed by atoms with Crippen LogP contribution in [0, 0.1) is 5.41 Å². The van der Waals surface area contributed by atoms with E-state index in [1.165, 1.54) is 13.1 Å². The summed E-state index contributed by atoms with van der Waals surface area (Å²) in [4.78, 5) is 10.6. The number of anilines is 1. The van der Waals surface area contributed by atoms with Crippen molar-refractivity contribution in [1.82, 2.24) is 15.3 Å². The molecule has 13 heavy (non-hydrogen) atoms. The molecule has 3 heterocycles. The lowest BCUT2D eigenvalue weighted by Gasteiger charge is -2.56. The highest BCUT2D eigenvalue weighted by atomic mass is 15.3. The molecule has 0 bridgehead atoms. The summed E-state index contributed by atoms with van der Waals surface area (Å²) in [6.45, 7) is 4.62. The molecule has 1 aromatic heterocycles. The molecule has 0 unspecified atom stereocenters. The average molecular weight is 176 g/mol. The zero-order chi connectivity index (χ0) is 8.73. The molecule has 2 aliphatic rings. The lowest BCUT2D eigenvalue weighted by molar-refractivity contribution is 0.120. The van der Waals surface area contributed by atoms with Gasteiger partial charge in [-0.05, 0) is 0 Å². The standard InChI is InChI=1S/C9H12N4/c1-2-12-8(3-10-1)13-6-9(7-13)4-11-5-9/h1-3,11H,4-7H2. The summed E-state index contributed by atoms with van der Waals surface area (Å²) in [6.07, 6.45) is 5.29. The molecule has 0 radical (unpaired) electrons. The zero-order valence-electron chi connectivity index (χ0n) is 7.40. The molecule has 4 nitrogen and oxygen atoms in total. The van der Waals surface area contributed by atoms with Gasteiger partial charge >= 0.3 is 0 Å². The van der Waals surface area contributed by atoms with Gasteiger partial charge in [-0.25, -0.2) is 4.98 Å². The van der Waals surface area contributed by atoms with E-state index in [9.17, 15) is 0 Å². The van der Waals surface area contributed by atoms with Crippen molar-refractivity contribution in [3.05, 3.63) is 18.6 Å². The van der Waals surface area contributed by atoms with E-state index in [2.05, 4.69) is 20.2 Å². The summed E-state index contributed by atoms with van der Waals surface area (Å²) in [5, 5.41) is 3.31. The maximum atomic E-state index is 4.27. The van der Waals surface area contributed by atoms with Gasteiger partial charge in [0, 0.05) is 44.0 Å². The van der Waals surface area contributed by atoms with Crippen LogP contribution in [-0.2, 0) is 0 Å². The predicted molar refractivity (Wildman–Crippen MR) is 49.5 cm³/mol. The lowest BCUT2D eigenvalue weighted by atomic mass is 9.74. The van der Waals surface area contributed by atoms with Gasteiger partial charge in [0.25, 0.3) is 0 Å². The molecule has 4 heteroatoms. The molecule has 0 aromatic carbocycles. The van der Waals surface area contributed by atoms with Crippen molar-refractivity contribution in [2.24, 2.45) is 5.41 Å². The predicted octanol–water partition coefficient (Wildman–Crippen LogP) is -0.114. The molecule has 1 aromatic rings. The SMILES string of the molecule is c1cnc(N2CC3(CNC3)C2)cn1. The largest absolute Gasteiger partial charge is 0.354 e. The van der Waals surface area contributed by atoms with Gasteiger partial charge in [-0.3, -0.25) is 4.98 Å². The van der Waals surface area contributed by atoms with Gasteiger partial charge < -0.3 is 10.2 Å². The third kappa shape index (κ3) is 1.02. The second kappa shape index (κ2) is 2.42. The highest BCUT2D eigenvalue weighted by Gasteiger charge is 2.47. The molecular weight excluding hydrogens is 164 g/mol. The van der Waals surface area contributed by atoms with Crippen LogP contribution in [0.3, 0.4) is 0 Å². The fraction of sp³-hybridized carbons (Fsp3) is 0.556. The van der Waals surface area contributed by atoms with Crippen LogP contribution < -0.4 is 10.2 Å². The summed E-state index contributed by atoms with van der Waals surface area (Å²) in [6, 6.07) is 0. The zero-order valence-corrected chi connectivity index (χ0v) is 7.40. The van der Waals surface area contributed by atoms with Crippen molar-refractivity contribution < 1.29 is 0 Å². The number of nitrogens with zero attached hydrogens (tertiary/aromatic N) is 3. The van der Waals surface area contributed by atoms with Crippen LogP contribution in [0.2, 0.25) is 0 Å². The molecule has 0 aliphatic carbocycles. The monoisotopic (exact) mass is 176 g/mol. The smallest absolute Gasteiger partial charge is 0.147 e. The van der Waals surface area contributed by atoms with Gasteiger partial charge in [-0.15, -0.1) is 0 Å². The van der Waals surface area contributed by atoms with Crippen molar-refractivity contribution in [3.8, 4) is 0 Å².